The summed E-state index contributed by atoms with van der Waals surface area (Å²) in [5.74, 6) is -2.47. The zero-order valence-corrected chi connectivity index (χ0v) is 21.8. The third kappa shape index (κ3) is 4.68. The number of carboxylic acid groups (broad SMARTS) is 1. The first-order chi connectivity index (χ1) is 18.8. The Balaban J connectivity index is 1.70. The molecule has 0 radical (unpaired) electrons. The molecule has 1 aliphatic rings. The lowest BCUT2D eigenvalue weighted by Gasteiger charge is -2.23. The van der Waals surface area contributed by atoms with Crippen LogP contribution in [0.4, 0.5) is 5.13 Å². The van der Waals surface area contributed by atoms with Crippen LogP contribution in [0.3, 0.4) is 0 Å². The fourth-order valence-electron chi connectivity index (χ4n) is 4.41. The van der Waals surface area contributed by atoms with Crippen molar-refractivity contribution in [1.82, 2.24) is 9.97 Å². The van der Waals surface area contributed by atoms with Crippen molar-refractivity contribution in [2.75, 3.05) is 18.1 Å². The van der Waals surface area contributed by atoms with Gasteiger partial charge in [-0.2, -0.15) is 0 Å². The minimum absolute atomic E-state index is 0.0718. The zero-order chi connectivity index (χ0) is 27.7. The molecule has 1 atom stereocenters. The van der Waals surface area contributed by atoms with Crippen molar-refractivity contribution in [3.05, 3.63) is 83.2 Å². The summed E-state index contributed by atoms with van der Waals surface area (Å²) in [4.78, 5) is 48.3. The number of anilines is 1. The lowest BCUT2D eigenvalue weighted by molar-refractivity contribution is -0.132. The van der Waals surface area contributed by atoms with E-state index in [9.17, 15) is 24.6 Å². The molecule has 4 aromatic rings. The number of hydrogen-bond acceptors (Lipinski definition) is 9. The number of aromatic nitrogens is 2. The summed E-state index contributed by atoms with van der Waals surface area (Å²) in [6.45, 7) is 4.35. The van der Waals surface area contributed by atoms with E-state index in [-0.39, 0.29) is 21.8 Å². The van der Waals surface area contributed by atoms with Crippen LogP contribution in [0.5, 0.6) is 11.5 Å². The highest BCUT2D eigenvalue weighted by atomic mass is 32.1. The molecule has 1 amide bonds. The van der Waals surface area contributed by atoms with E-state index in [0.717, 1.165) is 11.3 Å². The Bertz CT molecular complexity index is 1630. The van der Waals surface area contributed by atoms with E-state index < -0.39 is 29.5 Å². The monoisotopic (exact) mass is 545 g/mol. The number of fused-ring (bicyclic) bond motifs is 1. The summed E-state index contributed by atoms with van der Waals surface area (Å²) in [6, 6.07) is 11.6. The van der Waals surface area contributed by atoms with Gasteiger partial charge in [-0.1, -0.05) is 17.4 Å². The highest BCUT2D eigenvalue weighted by molar-refractivity contribution is 7.22. The van der Waals surface area contributed by atoms with Crippen LogP contribution in [0.15, 0.2) is 66.5 Å². The first kappa shape index (κ1) is 25.9. The summed E-state index contributed by atoms with van der Waals surface area (Å²) >= 11 is 1.07. The van der Waals surface area contributed by atoms with Crippen LogP contribution in [0.1, 0.15) is 41.4 Å². The van der Waals surface area contributed by atoms with Crippen LogP contribution >= 0.6 is 11.3 Å². The molecule has 0 spiro atoms. The quantitative estimate of drug-likeness (QED) is 0.181. The lowest BCUT2D eigenvalue weighted by Crippen LogP contribution is -2.29. The maximum atomic E-state index is 13.5. The second-order valence-corrected chi connectivity index (χ2v) is 9.47. The van der Waals surface area contributed by atoms with Crippen LogP contribution in [0.2, 0.25) is 0 Å². The molecule has 5 rings (SSSR count). The number of carboxylic acids is 1. The molecule has 198 valence electrons. The molecule has 39 heavy (non-hydrogen) atoms. The number of hydrogen-bond donors (Lipinski definition) is 2. The molecule has 2 N–H and O–H groups in total. The van der Waals surface area contributed by atoms with Gasteiger partial charge < -0.3 is 19.7 Å². The Morgan fingerprint density at radius 3 is 2.54 bits per heavy atom. The van der Waals surface area contributed by atoms with Gasteiger partial charge in [-0.15, -0.1) is 0 Å². The summed E-state index contributed by atoms with van der Waals surface area (Å²) in [5.41, 5.74) is 1.10. The number of thiazole rings is 1. The SMILES string of the molecule is CCOc1ccc(/C(O)=C2\C(=O)C(=O)N(c3nc4ccc(C(=O)O)cc4s3)C2c2cccnc2)c(OCC)c1. The highest BCUT2D eigenvalue weighted by Crippen LogP contribution is 2.45. The summed E-state index contributed by atoms with van der Waals surface area (Å²) in [5, 5.41) is 21.1. The van der Waals surface area contributed by atoms with Gasteiger partial charge in [0.1, 0.15) is 17.3 Å². The minimum Gasteiger partial charge on any atom is -0.507 e. The topological polar surface area (TPSA) is 139 Å². The Kier molecular flexibility index (Phi) is 6.99. The Labute approximate surface area is 226 Å². The largest absolute Gasteiger partial charge is 0.507 e. The molecule has 1 unspecified atom stereocenters. The average molecular weight is 546 g/mol. The van der Waals surface area contributed by atoms with Gasteiger partial charge in [0.15, 0.2) is 5.13 Å². The number of amides is 1. The van der Waals surface area contributed by atoms with Crippen molar-refractivity contribution in [2.24, 2.45) is 0 Å². The van der Waals surface area contributed by atoms with Gasteiger partial charge in [-0.05, 0) is 55.8 Å². The van der Waals surface area contributed by atoms with Gasteiger partial charge in [0.2, 0.25) is 0 Å². The van der Waals surface area contributed by atoms with Crippen molar-refractivity contribution < 1.29 is 34.1 Å². The third-order valence-corrected chi connectivity index (χ3v) is 7.11. The molecular formula is C28H23N3O7S. The van der Waals surface area contributed by atoms with E-state index in [1.165, 1.54) is 23.2 Å². The van der Waals surface area contributed by atoms with Crippen molar-refractivity contribution in [3.8, 4) is 11.5 Å². The second kappa shape index (κ2) is 10.5. The number of nitrogens with zero attached hydrogens (tertiary/aromatic N) is 3. The Morgan fingerprint density at radius 1 is 1.05 bits per heavy atom. The van der Waals surface area contributed by atoms with Gasteiger partial charge in [-0.25, -0.2) is 9.78 Å². The summed E-state index contributed by atoms with van der Waals surface area (Å²) < 4.78 is 11.8. The normalized spacial score (nSPS) is 16.6. The van der Waals surface area contributed by atoms with Crippen molar-refractivity contribution in [1.29, 1.82) is 0 Å². The average Bonchev–Trinajstić information content (AvgIpc) is 3.47. The molecule has 0 aliphatic carbocycles. The molecule has 3 heterocycles. The van der Waals surface area contributed by atoms with Crippen molar-refractivity contribution in [2.45, 2.75) is 19.9 Å². The molecule has 1 aliphatic heterocycles. The maximum Gasteiger partial charge on any atom is 0.335 e. The number of aliphatic hydroxyl groups is 1. The van der Waals surface area contributed by atoms with Gasteiger partial charge in [0.05, 0.1) is 46.2 Å². The summed E-state index contributed by atoms with van der Waals surface area (Å²) in [6.07, 6.45) is 3.06. The molecule has 1 saturated heterocycles. The molecule has 1 fully saturated rings. The van der Waals surface area contributed by atoms with E-state index in [4.69, 9.17) is 9.47 Å². The van der Waals surface area contributed by atoms with Crippen LogP contribution in [0, 0.1) is 0 Å². The standard InChI is InChI=1S/C28H23N3O7S/c1-3-37-17-8-9-18(20(13-17)38-4-2)24(32)22-23(16-6-5-11-29-14-16)31(26(34)25(22)33)28-30-19-10-7-15(27(35)36)12-21(19)39-28/h5-14,23,32H,3-4H2,1-2H3,(H,35,36)/b24-22+. The van der Waals surface area contributed by atoms with Gasteiger partial charge in [0, 0.05) is 18.5 Å². The van der Waals surface area contributed by atoms with E-state index in [1.807, 2.05) is 6.92 Å². The predicted octanol–water partition coefficient (Wildman–Crippen LogP) is 4.81. The predicted molar refractivity (Wildman–Crippen MR) is 144 cm³/mol. The minimum atomic E-state index is -1.09. The van der Waals surface area contributed by atoms with Crippen LogP contribution in [0.25, 0.3) is 16.0 Å². The third-order valence-electron chi connectivity index (χ3n) is 6.09. The first-order valence-corrected chi connectivity index (χ1v) is 12.9. The number of rotatable bonds is 8. The number of carbonyl (C=O) groups excluding carboxylic acids is 2. The number of aromatic carboxylic acids is 1. The Morgan fingerprint density at radius 2 is 1.85 bits per heavy atom. The van der Waals surface area contributed by atoms with E-state index in [2.05, 4.69) is 9.97 Å². The fraction of sp³-hybridized carbons (Fsp3) is 0.179. The summed E-state index contributed by atoms with van der Waals surface area (Å²) in [7, 11) is 0. The fourth-order valence-corrected chi connectivity index (χ4v) is 5.44. The number of ketones is 1. The van der Waals surface area contributed by atoms with Crippen LogP contribution in [-0.4, -0.2) is 51.1 Å². The molecule has 0 bridgehead atoms. The smallest absolute Gasteiger partial charge is 0.335 e. The van der Waals surface area contributed by atoms with Gasteiger partial charge >= 0.3 is 11.9 Å². The van der Waals surface area contributed by atoms with Crippen LogP contribution in [-0.2, 0) is 9.59 Å². The maximum absolute atomic E-state index is 13.5. The van der Waals surface area contributed by atoms with Crippen molar-refractivity contribution >= 4 is 50.1 Å². The number of Topliss-reactive ketones (excluding diaryl/α,β-unsaturated/α-hetero) is 1. The number of ether oxygens (including phenoxy) is 2. The second-order valence-electron chi connectivity index (χ2n) is 8.46. The molecule has 11 heteroatoms. The number of carbonyl (C=O) groups is 3. The lowest BCUT2D eigenvalue weighted by atomic mass is 9.96. The van der Waals surface area contributed by atoms with Gasteiger partial charge in [-0.3, -0.25) is 19.5 Å². The number of aliphatic hydroxyl groups excluding tert-OH is 1. The number of pyridine rings is 1. The Hall–Kier alpha value is -4.77. The highest BCUT2D eigenvalue weighted by Gasteiger charge is 2.48. The van der Waals surface area contributed by atoms with Crippen molar-refractivity contribution in [3.63, 3.8) is 0 Å². The van der Waals surface area contributed by atoms with E-state index in [1.54, 1.807) is 49.5 Å². The molecule has 0 saturated carbocycles. The van der Waals surface area contributed by atoms with Crippen LogP contribution < -0.4 is 14.4 Å². The molecule has 2 aromatic carbocycles. The first-order valence-electron chi connectivity index (χ1n) is 12.1. The van der Waals surface area contributed by atoms with E-state index in [0.29, 0.717) is 40.5 Å². The van der Waals surface area contributed by atoms with Gasteiger partial charge in [0.25, 0.3) is 5.78 Å². The van der Waals surface area contributed by atoms with E-state index >= 15 is 0 Å². The molecular weight excluding hydrogens is 522 g/mol. The number of benzene rings is 2. The zero-order valence-electron chi connectivity index (χ0n) is 21.0. The molecule has 2 aromatic heterocycles. The molecule has 10 nitrogen and oxygen atoms in total.